The molecule has 12 heteroatoms. The van der Waals surface area contributed by atoms with Crippen molar-refractivity contribution in [1.29, 1.82) is 0 Å². The first-order valence-electron chi connectivity index (χ1n) is 6.00. The molecule has 0 fully saturated rings. The predicted molar refractivity (Wildman–Crippen MR) is 74.0 cm³/mol. The maximum absolute atomic E-state index is 11.8. The van der Waals surface area contributed by atoms with Crippen LogP contribution in [0.25, 0.3) is 10.8 Å². The summed E-state index contributed by atoms with van der Waals surface area (Å²) in [6.07, 6.45) is 0. The molecule has 0 atom stereocenters. The third-order valence-electron chi connectivity index (χ3n) is 3.40. The smallest absolute Gasteiger partial charge is 0.346 e. The molecule has 2 aromatic rings. The van der Waals surface area contributed by atoms with E-state index in [9.17, 15) is 35.5 Å². The van der Waals surface area contributed by atoms with Crippen molar-refractivity contribution in [3.05, 3.63) is 29.3 Å². The Kier molecular flexibility index (Phi) is 3.22. The fourth-order valence-electron chi connectivity index (χ4n) is 2.40. The Morgan fingerprint density at radius 3 is 1.92 bits per heavy atom. The van der Waals surface area contributed by atoms with Crippen LogP contribution in [0.15, 0.2) is 28.0 Å². The van der Waals surface area contributed by atoms with Crippen molar-refractivity contribution < 1.29 is 40.3 Å². The van der Waals surface area contributed by atoms with Gasteiger partial charge in [-0.3, -0.25) is 0 Å². The average molecular weight is 371 g/mol. The summed E-state index contributed by atoms with van der Waals surface area (Å²) >= 11 is 0. The first-order chi connectivity index (χ1) is 10.9. The summed E-state index contributed by atoms with van der Waals surface area (Å²) < 4.78 is 71.9. The Bertz CT molecular complexity index is 1140. The van der Waals surface area contributed by atoms with Crippen LogP contribution in [0.2, 0.25) is 0 Å². The number of ether oxygens (including phenoxy) is 1. The Morgan fingerprint density at radius 2 is 1.42 bits per heavy atom. The van der Waals surface area contributed by atoms with Crippen molar-refractivity contribution in [3.63, 3.8) is 0 Å². The number of cyclic esters (lactones) is 2. The minimum atomic E-state index is -5.13. The van der Waals surface area contributed by atoms with E-state index in [0.717, 1.165) is 0 Å². The SMILES string of the molecule is Nc1c(S(=O)(=O)[O-])cc2c3c(cc(S(=O)(=O)[O-])cc13)C(=O)OC2=O. The fourth-order valence-corrected chi connectivity index (χ4v) is 3.57. The van der Waals surface area contributed by atoms with Gasteiger partial charge in [0.05, 0.1) is 26.6 Å². The van der Waals surface area contributed by atoms with Crippen LogP contribution in [0.1, 0.15) is 20.7 Å². The van der Waals surface area contributed by atoms with Gasteiger partial charge < -0.3 is 19.6 Å². The molecule has 0 radical (unpaired) electrons. The second-order valence-electron chi connectivity index (χ2n) is 4.81. The van der Waals surface area contributed by atoms with Crippen LogP contribution in [0, 0.1) is 0 Å². The zero-order chi connectivity index (χ0) is 18.0. The number of benzene rings is 2. The highest BCUT2D eigenvalue weighted by Crippen LogP contribution is 2.38. The van der Waals surface area contributed by atoms with Crippen molar-refractivity contribution in [2.75, 3.05) is 5.73 Å². The molecule has 0 saturated heterocycles. The van der Waals surface area contributed by atoms with Crippen LogP contribution < -0.4 is 5.73 Å². The maximum Gasteiger partial charge on any atom is 0.346 e. The van der Waals surface area contributed by atoms with Crippen LogP contribution in [-0.2, 0) is 25.0 Å². The molecular weight excluding hydrogens is 366 g/mol. The number of hydrogen-bond acceptors (Lipinski definition) is 10. The zero-order valence-corrected chi connectivity index (χ0v) is 12.9. The minimum Gasteiger partial charge on any atom is -0.744 e. The number of rotatable bonds is 2. The average Bonchev–Trinajstić information content (AvgIpc) is 2.43. The minimum absolute atomic E-state index is 0.200. The van der Waals surface area contributed by atoms with Crippen molar-refractivity contribution in [3.8, 4) is 0 Å². The van der Waals surface area contributed by atoms with Crippen LogP contribution in [0.3, 0.4) is 0 Å². The quantitative estimate of drug-likeness (QED) is 0.313. The van der Waals surface area contributed by atoms with E-state index < -0.39 is 64.2 Å². The van der Waals surface area contributed by atoms with Crippen LogP contribution in [0.4, 0.5) is 5.69 Å². The summed E-state index contributed by atoms with van der Waals surface area (Å²) in [5, 5.41) is -0.604. The van der Waals surface area contributed by atoms with Crippen molar-refractivity contribution >= 4 is 48.6 Å². The van der Waals surface area contributed by atoms with E-state index in [4.69, 9.17) is 5.73 Å². The third kappa shape index (κ3) is 2.32. The third-order valence-corrected chi connectivity index (χ3v) is 5.08. The lowest BCUT2D eigenvalue weighted by Gasteiger charge is -2.21. The van der Waals surface area contributed by atoms with Crippen molar-refractivity contribution in [2.45, 2.75) is 9.79 Å². The molecule has 1 aliphatic heterocycles. The van der Waals surface area contributed by atoms with Gasteiger partial charge in [-0.2, -0.15) is 0 Å². The normalized spacial score (nSPS) is 14.8. The number of carbonyl (C=O) groups excluding carboxylic acids is 2. The summed E-state index contributed by atoms with van der Waals surface area (Å²) in [6.45, 7) is 0. The molecule has 3 rings (SSSR count). The molecule has 1 heterocycles. The first-order valence-corrected chi connectivity index (χ1v) is 8.81. The number of hydrogen-bond donors (Lipinski definition) is 1. The summed E-state index contributed by atoms with van der Waals surface area (Å²) in [5.74, 6) is -2.47. The van der Waals surface area contributed by atoms with Gasteiger partial charge in [0.2, 0.25) is 0 Å². The van der Waals surface area contributed by atoms with Gasteiger partial charge >= 0.3 is 11.9 Å². The van der Waals surface area contributed by atoms with Crippen molar-refractivity contribution in [2.24, 2.45) is 0 Å². The molecule has 0 aliphatic carbocycles. The Hall–Kier alpha value is -2.54. The summed E-state index contributed by atoms with van der Waals surface area (Å²) in [6, 6.07) is 2.03. The van der Waals surface area contributed by atoms with Gasteiger partial charge in [-0.15, -0.1) is 0 Å². The highest BCUT2D eigenvalue weighted by atomic mass is 32.2. The number of carbonyl (C=O) groups is 2. The van der Waals surface area contributed by atoms with Crippen LogP contribution >= 0.6 is 0 Å². The Balaban J connectivity index is 2.63. The van der Waals surface area contributed by atoms with Crippen molar-refractivity contribution in [1.82, 2.24) is 0 Å². The largest absolute Gasteiger partial charge is 0.744 e. The molecule has 0 bridgehead atoms. The Labute approximate surface area is 134 Å². The number of anilines is 1. The second-order valence-corrected chi connectivity index (χ2v) is 7.54. The highest BCUT2D eigenvalue weighted by molar-refractivity contribution is 7.86. The van der Waals surface area contributed by atoms with E-state index in [-0.39, 0.29) is 5.39 Å². The number of esters is 2. The van der Waals surface area contributed by atoms with E-state index >= 15 is 0 Å². The molecular formula is C12H5NO9S2-2. The van der Waals surface area contributed by atoms with Gasteiger partial charge in [0.25, 0.3) is 0 Å². The van der Waals surface area contributed by atoms with Crippen LogP contribution in [-0.4, -0.2) is 37.9 Å². The zero-order valence-electron chi connectivity index (χ0n) is 11.3. The van der Waals surface area contributed by atoms with E-state index in [1.54, 1.807) is 0 Å². The van der Waals surface area contributed by atoms with Crippen LogP contribution in [0.5, 0.6) is 0 Å². The molecule has 2 N–H and O–H groups in total. The predicted octanol–water partition coefficient (Wildman–Crippen LogP) is -0.459. The first kappa shape index (κ1) is 16.3. The van der Waals surface area contributed by atoms with E-state index in [0.29, 0.717) is 18.2 Å². The summed E-state index contributed by atoms with van der Waals surface area (Å²) in [5.41, 5.74) is 3.98. The Morgan fingerprint density at radius 1 is 0.875 bits per heavy atom. The standard InChI is InChI=1S/C12H7NO9S2/c13-10-5-1-4(23(16,17)18)2-6-9(5)7(12(15)22-11(6)14)3-8(10)24(19,20)21/h1-3H,13H2,(H,16,17,18)(H,19,20,21)/p-2. The summed E-state index contributed by atoms with van der Waals surface area (Å²) in [4.78, 5) is 21.7. The van der Waals surface area contributed by atoms with Gasteiger partial charge in [0.1, 0.15) is 20.2 Å². The molecule has 1 aliphatic rings. The molecule has 24 heavy (non-hydrogen) atoms. The van der Waals surface area contributed by atoms with Gasteiger partial charge in [0, 0.05) is 10.8 Å². The molecule has 0 unspecified atom stereocenters. The molecule has 2 aromatic carbocycles. The molecule has 0 saturated carbocycles. The second kappa shape index (κ2) is 4.73. The molecule has 126 valence electrons. The summed E-state index contributed by atoms with van der Waals surface area (Å²) in [7, 11) is -10.2. The molecule has 0 aromatic heterocycles. The number of nitrogen functional groups attached to an aromatic ring is 1. The highest BCUT2D eigenvalue weighted by Gasteiger charge is 2.31. The maximum atomic E-state index is 11.8. The van der Waals surface area contributed by atoms with Gasteiger partial charge in [-0.1, -0.05) is 0 Å². The lowest BCUT2D eigenvalue weighted by molar-refractivity contribution is 0.0391. The van der Waals surface area contributed by atoms with E-state index in [1.807, 2.05) is 0 Å². The fraction of sp³-hybridized carbons (Fsp3) is 0. The lowest BCUT2D eigenvalue weighted by atomic mass is 9.96. The number of nitrogens with two attached hydrogens (primary N) is 1. The van der Waals surface area contributed by atoms with E-state index in [1.165, 1.54) is 0 Å². The van der Waals surface area contributed by atoms with Gasteiger partial charge in [-0.05, 0) is 18.2 Å². The monoisotopic (exact) mass is 371 g/mol. The topological polar surface area (TPSA) is 184 Å². The van der Waals surface area contributed by atoms with Gasteiger partial charge in [-0.25, -0.2) is 26.4 Å². The van der Waals surface area contributed by atoms with Gasteiger partial charge in [0.15, 0.2) is 0 Å². The lowest BCUT2D eigenvalue weighted by Crippen LogP contribution is -2.21. The molecule has 0 spiro atoms. The molecule has 10 nitrogen and oxygen atoms in total. The molecule has 0 amide bonds. The van der Waals surface area contributed by atoms with E-state index in [2.05, 4.69) is 4.74 Å².